The summed E-state index contributed by atoms with van der Waals surface area (Å²) in [5, 5.41) is 7.82. The van der Waals surface area contributed by atoms with Gasteiger partial charge < -0.3 is 9.47 Å². The molecule has 8 aromatic carbocycles. The first-order valence-corrected chi connectivity index (χ1v) is 18.3. The normalized spacial score (nSPS) is 13.7. The zero-order valence-electron chi connectivity index (χ0n) is 28.6. The van der Waals surface area contributed by atoms with Gasteiger partial charge >= 0.3 is 0 Å². The molecule has 1 heterocycles. The second-order valence-corrected chi connectivity index (χ2v) is 14.0. The van der Waals surface area contributed by atoms with Crippen molar-refractivity contribution in [1.29, 1.82) is 0 Å². The summed E-state index contributed by atoms with van der Waals surface area (Å²) in [7, 11) is 0. The molecule has 0 unspecified atom stereocenters. The minimum Gasteiger partial charge on any atom is -0.313 e. The molecule has 0 amide bonds. The molecule has 0 saturated carbocycles. The fourth-order valence-electron chi connectivity index (χ4n) is 9.02. The molecule has 11 rings (SSSR count). The van der Waals surface area contributed by atoms with Crippen LogP contribution in [0.25, 0.3) is 71.3 Å². The van der Waals surface area contributed by atoms with Crippen molar-refractivity contribution < 1.29 is 0 Å². The highest BCUT2D eigenvalue weighted by Gasteiger charge is 2.33. The minimum absolute atomic E-state index is 0.934. The maximum Gasteiger partial charge on any atom is 0.0561 e. The summed E-state index contributed by atoms with van der Waals surface area (Å²) < 4.78 is 2.43. The quantitative estimate of drug-likeness (QED) is 0.167. The molecule has 1 aromatic heterocycles. The number of allylic oxidation sites excluding steroid dienone is 4. The summed E-state index contributed by atoms with van der Waals surface area (Å²) in [4.78, 5) is 2.59. The van der Waals surface area contributed by atoms with E-state index in [0.29, 0.717) is 0 Å². The van der Waals surface area contributed by atoms with Crippen molar-refractivity contribution in [2.45, 2.75) is 12.8 Å². The van der Waals surface area contributed by atoms with Gasteiger partial charge in [0.2, 0.25) is 0 Å². The number of para-hydroxylation sites is 3. The molecule has 2 nitrogen and oxygen atoms in total. The lowest BCUT2D eigenvalue weighted by Gasteiger charge is -2.33. The molecule has 0 fully saturated rings. The van der Waals surface area contributed by atoms with E-state index in [1.54, 1.807) is 0 Å². The van der Waals surface area contributed by atoms with Crippen LogP contribution in [0.3, 0.4) is 0 Å². The number of aromatic nitrogens is 1. The molecule has 52 heavy (non-hydrogen) atoms. The first-order chi connectivity index (χ1) is 25.8. The third-order valence-corrected chi connectivity index (χ3v) is 11.1. The van der Waals surface area contributed by atoms with Crippen LogP contribution < -0.4 is 4.90 Å². The van der Waals surface area contributed by atoms with Crippen LogP contribution in [-0.4, -0.2) is 4.57 Å². The van der Waals surface area contributed by atoms with Gasteiger partial charge in [-0.2, -0.15) is 0 Å². The van der Waals surface area contributed by atoms with Crippen LogP contribution in [0.5, 0.6) is 0 Å². The number of hydrogen-bond donors (Lipinski definition) is 0. The zero-order valence-corrected chi connectivity index (χ0v) is 28.6. The third kappa shape index (κ3) is 4.25. The van der Waals surface area contributed by atoms with Gasteiger partial charge in [-0.15, -0.1) is 0 Å². The van der Waals surface area contributed by atoms with Crippen molar-refractivity contribution in [3.8, 4) is 16.8 Å². The van der Waals surface area contributed by atoms with E-state index in [0.717, 1.165) is 24.2 Å². The molecule has 0 spiro atoms. The molecule has 0 bridgehead atoms. The zero-order chi connectivity index (χ0) is 34.2. The van der Waals surface area contributed by atoms with Gasteiger partial charge in [0, 0.05) is 39.0 Å². The van der Waals surface area contributed by atoms with Crippen LogP contribution in [0.1, 0.15) is 24.0 Å². The van der Waals surface area contributed by atoms with Crippen LogP contribution in [0.4, 0.5) is 11.4 Å². The average Bonchev–Trinajstić information content (AvgIpc) is 3.73. The number of benzene rings is 8. The summed E-state index contributed by atoms with van der Waals surface area (Å²) in [6, 6.07) is 64.6. The van der Waals surface area contributed by atoms with Crippen molar-refractivity contribution in [3.05, 3.63) is 199 Å². The molecule has 0 N–H and O–H groups in total. The van der Waals surface area contributed by atoms with Gasteiger partial charge in [-0.25, -0.2) is 0 Å². The van der Waals surface area contributed by atoms with E-state index in [1.165, 1.54) is 88.1 Å². The van der Waals surface area contributed by atoms with Gasteiger partial charge in [0.25, 0.3) is 0 Å². The Morgan fingerprint density at radius 3 is 2.08 bits per heavy atom. The second-order valence-electron chi connectivity index (χ2n) is 14.0. The van der Waals surface area contributed by atoms with E-state index in [1.807, 2.05) is 0 Å². The third-order valence-electron chi connectivity index (χ3n) is 11.1. The molecule has 2 aliphatic carbocycles. The Labute approximate surface area is 302 Å². The average molecular weight is 663 g/mol. The predicted octanol–water partition coefficient (Wildman–Crippen LogP) is 13.5. The molecule has 0 radical (unpaired) electrons. The van der Waals surface area contributed by atoms with Crippen LogP contribution >= 0.6 is 0 Å². The number of fused-ring (bicyclic) bond motifs is 8. The van der Waals surface area contributed by atoms with E-state index in [-0.39, 0.29) is 0 Å². The SMILES string of the molecule is C1=C2C(=C(N(c3ccc4c5ccccc5n(-c5ccccc5)c4c3)c3ccccc3-c3ccccc3)CC1)c1cccc3cc4ccccc4c2c13. The molecular weight excluding hydrogens is 629 g/mol. The first-order valence-electron chi connectivity index (χ1n) is 18.3. The standard InChI is InChI=1S/C50H34N2/c1-3-15-33(16-4-1)38-21-9-11-26-44(38)52(37-29-30-41-40-23-10-12-27-45(40)51(47(41)32-37)36-19-5-2-6-20-36)46-28-14-25-43-49(46)42-24-13-18-35-31-34-17-7-8-22-39(34)50(43)48(35)42/h1-13,15-27,29-32H,14,28H2. The minimum atomic E-state index is 0.934. The predicted molar refractivity (Wildman–Crippen MR) is 220 cm³/mol. The number of rotatable bonds is 5. The van der Waals surface area contributed by atoms with Crippen molar-refractivity contribution in [2.24, 2.45) is 0 Å². The highest BCUT2D eigenvalue weighted by Crippen LogP contribution is 2.55. The Bertz CT molecular complexity index is 2940. The smallest absolute Gasteiger partial charge is 0.0561 e. The van der Waals surface area contributed by atoms with Crippen molar-refractivity contribution in [2.75, 3.05) is 4.90 Å². The number of hydrogen-bond acceptors (Lipinski definition) is 1. The lowest BCUT2D eigenvalue weighted by Crippen LogP contribution is -2.20. The fraction of sp³-hybridized carbons (Fsp3) is 0.0400. The van der Waals surface area contributed by atoms with Crippen molar-refractivity contribution in [1.82, 2.24) is 4.57 Å². The van der Waals surface area contributed by atoms with Gasteiger partial charge in [0.05, 0.1) is 16.7 Å². The molecular formula is C50H34N2. The first kappa shape index (κ1) is 29.1. The van der Waals surface area contributed by atoms with E-state index >= 15 is 0 Å². The molecule has 0 aliphatic heterocycles. The molecule has 0 atom stereocenters. The van der Waals surface area contributed by atoms with Gasteiger partial charge in [-0.1, -0.05) is 140 Å². The Morgan fingerprint density at radius 1 is 0.500 bits per heavy atom. The fourth-order valence-corrected chi connectivity index (χ4v) is 9.02. The lowest BCUT2D eigenvalue weighted by molar-refractivity contribution is 0.929. The monoisotopic (exact) mass is 662 g/mol. The summed E-state index contributed by atoms with van der Waals surface area (Å²) in [5.74, 6) is 0. The van der Waals surface area contributed by atoms with Gasteiger partial charge in [-0.3, -0.25) is 0 Å². The molecule has 0 saturated heterocycles. The summed E-state index contributed by atoms with van der Waals surface area (Å²) in [6.45, 7) is 0. The maximum atomic E-state index is 2.59. The van der Waals surface area contributed by atoms with Crippen LogP contribution in [0.2, 0.25) is 0 Å². The van der Waals surface area contributed by atoms with Gasteiger partial charge in [-0.05, 0) is 99.1 Å². The molecule has 2 heteroatoms. The maximum absolute atomic E-state index is 2.59. The van der Waals surface area contributed by atoms with E-state index < -0.39 is 0 Å². The van der Waals surface area contributed by atoms with E-state index in [4.69, 9.17) is 0 Å². The largest absolute Gasteiger partial charge is 0.313 e. The summed E-state index contributed by atoms with van der Waals surface area (Å²) in [6.07, 6.45) is 4.41. The summed E-state index contributed by atoms with van der Waals surface area (Å²) in [5.41, 5.74) is 15.1. The van der Waals surface area contributed by atoms with Crippen molar-refractivity contribution in [3.63, 3.8) is 0 Å². The highest BCUT2D eigenvalue weighted by molar-refractivity contribution is 6.29. The second kappa shape index (κ2) is 11.4. The van der Waals surface area contributed by atoms with Crippen LogP contribution in [0, 0.1) is 0 Å². The Kier molecular flexibility index (Phi) is 6.41. The van der Waals surface area contributed by atoms with Crippen molar-refractivity contribution >= 4 is 65.9 Å². The Morgan fingerprint density at radius 2 is 1.19 bits per heavy atom. The molecule has 2 aliphatic rings. The number of nitrogens with zero attached hydrogens (tertiary/aromatic N) is 2. The lowest BCUT2D eigenvalue weighted by atomic mass is 9.89. The van der Waals surface area contributed by atoms with Crippen LogP contribution in [0.15, 0.2) is 188 Å². The Balaban J connectivity index is 1.24. The summed E-state index contributed by atoms with van der Waals surface area (Å²) >= 11 is 0. The molecule has 9 aromatic rings. The topological polar surface area (TPSA) is 8.17 Å². The van der Waals surface area contributed by atoms with Gasteiger partial charge in [0.1, 0.15) is 0 Å². The van der Waals surface area contributed by atoms with E-state index in [2.05, 4.69) is 191 Å². The highest BCUT2D eigenvalue weighted by atomic mass is 15.2. The Hall–Kier alpha value is -6.64. The molecule has 244 valence electrons. The van der Waals surface area contributed by atoms with Crippen LogP contribution in [-0.2, 0) is 0 Å². The number of anilines is 2. The van der Waals surface area contributed by atoms with E-state index in [9.17, 15) is 0 Å². The van der Waals surface area contributed by atoms with Gasteiger partial charge in [0.15, 0.2) is 0 Å².